The van der Waals surface area contributed by atoms with E-state index < -0.39 is 5.97 Å². The van der Waals surface area contributed by atoms with Crippen molar-refractivity contribution in [2.45, 2.75) is 31.9 Å². The number of methoxy groups -OCH3 is 1. The van der Waals surface area contributed by atoms with E-state index >= 15 is 0 Å². The molecule has 2 N–H and O–H groups in total. The minimum atomic E-state index is -0.862. The molecule has 1 heterocycles. The molecule has 0 fully saturated rings. The maximum Gasteiger partial charge on any atom is 0.303 e. The molecule has 1 aromatic heterocycles. The molecule has 0 radical (unpaired) electrons. The van der Waals surface area contributed by atoms with Crippen LogP contribution < -0.4 is 5.32 Å². The number of hydrogen-bond acceptors (Lipinski definition) is 4. The second-order valence-corrected chi connectivity index (χ2v) is 6.42. The van der Waals surface area contributed by atoms with Gasteiger partial charge in [-0.05, 0) is 29.9 Å². The van der Waals surface area contributed by atoms with E-state index in [4.69, 9.17) is 9.84 Å². The van der Waals surface area contributed by atoms with Crippen LogP contribution in [0.1, 0.15) is 33.6 Å². The fraction of sp³-hybridized carbons (Fsp3) is 0.333. The van der Waals surface area contributed by atoms with Gasteiger partial charge in [0.25, 0.3) is 5.91 Å². The number of carbonyl (C=O) groups excluding carboxylic acids is 1. The molecule has 0 saturated carbocycles. The Balaban J connectivity index is 2.07. The molecule has 1 aromatic carbocycles. The molecule has 2 aromatic rings. The quantitative estimate of drug-likeness (QED) is 0.731. The van der Waals surface area contributed by atoms with Gasteiger partial charge in [0.15, 0.2) is 0 Å². The van der Waals surface area contributed by atoms with Crippen LogP contribution in [-0.2, 0) is 22.6 Å². The summed E-state index contributed by atoms with van der Waals surface area (Å²) in [7, 11) is 1.59. The summed E-state index contributed by atoms with van der Waals surface area (Å²) in [5.41, 5.74) is 1.91. The van der Waals surface area contributed by atoms with Crippen molar-refractivity contribution in [1.29, 1.82) is 0 Å². The van der Waals surface area contributed by atoms with Gasteiger partial charge in [-0.2, -0.15) is 0 Å². The molecule has 1 unspecified atom stereocenters. The maximum atomic E-state index is 12.5. The van der Waals surface area contributed by atoms with Crippen LogP contribution in [0.5, 0.6) is 0 Å². The van der Waals surface area contributed by atoms with Crippen molar-refractivity contribution in [3.05, 3.63) is 57.8 Å². The number of carboxylic acid groups (broad SMARTS) is 1. The Kier molecular flexibility index (Phi) is 6.96. The van der Waals surface area contributed by atoms with Crippen molar-refractivity contribution >= 4 is 23.2 Å². The van der Waals surface area contributed by atoms with Crippen molar-refractivity contribution in [2.24, 2.45) is 0 Å². The molecule has 0 aliphatic rings. The van der Waals surface area contributed by atoms with Crippen LogP contribution in [0.4, 0.5) is 0 Å². The van der Waals surface area contributed by atoms with Gasteiger partial charge in [-0.3, -0.25) is 9.59 Å². The molecule has 24 heavy (non-hydrogen) atoms. The summed E-state index contributed by atoms with van der Waals surface area (Å²) in [5, 5.41) is 13.8. The van der Waals surface area contributed by atoms with Crippen molar-refractivity contribution in [2.75, 3.05) is 7.11 Å². The Hall–Kier alpha value is -2.18. The van der Waals surface area contributed by atoms with Gasteiger partial charge in [-0.25, -0.2) is 0 Å². The van der Waals surface area contributed by atoms with Crippen molar-refractivity contribution in [3.63, 3.8) is 0 Å². The van der Waals surface area contributed by atoms with E-state index in [9.17, 15) is 9.59 Å². The van der Waals surface area contributed by atoms with E-state index in [1.807, 2.05) is 41.8 Å². The monoisotopic (exact) mass is 347 g/mol. The molecule has 0 aliphatic carbocycles. The lowest BCUT2D eigenvalue weighted by Crippen LogP contribution is -2.37. The zero-order valence-electron chi connectivity index (χ0n) is 13.5. The van der Waals surface area contributed by atoms with E-state index in [-0.39, 0.29) is 18.4 Å². The molecule has 0 bridgehead atoms. The number of carbonyl (C=O) groups is 2. The van der Waals surface area contributed by atoms with E-state index in [0.29, 0.717) is 24.3 Å². The highest BCUT2D eigenvalue weighted by atomic mass is 32.1. The molecule has 1 amide bonds. The van der Waals surface area contributed by atoms with Gasteiger partial charge < -0.3 is 15.2 Å². The van der Waals surface area contributed by atoms with E-state index in [1.165, 1.54) is 11.3 Å². The third kappa shape index (κ3) is 5.47. The molecular weight excluding hydrogens is 326 g/mol. The van der Waals surface area contributed by atoms with Crippen LogP contribution in [0.3, 0.4) is 0 Å². The molecule has 0 saturated heterocycles. The minimum absolute atomic E-state index is 0.0210. The molecule has 0 aliphatic heterocycles. The zero-order chi connectivity index (χ0) is 17.4. The normalized spacial score (nSPS) is 11.9. The second kappa shape index (κ2) is 9.20. The second-order valence-electron chi connectivity index (χ2n) is 5.50. The number of rotatable bonds is 9. The van der Waals surface area contributed by atoms with Crippen LogP contribution in [0.2, 0.25) is 0 Å². The molecular formula is C18H21NO4S. The summed E-state index contributed by atoms with van der Waals surface area (Å²) in [6, 6.07) is 11.4. The van der Waals surface area contributed by atoms with Gasteiger partial charge in [0.2, 0.25) is 0 Å². The average molecular weight is 347 g/mol. The van der Waals surface area contributed by atoms with E-state index in [2.05, 4.69) is 5.32 Å². The highest BCUT2D eigenvalue weighted by molar-refractivity contribution is 7.12. The lowest BCUT2D eigenvalue weighted by Gasteiger charge is -2.18. The van der Waals surface area contributed by atoms with Crippen molar-refractivity contribution < 1.29 is 19.4 Å². The Bertz CT molecular complexity index is 669. The lowest BCUT2D eigenvalue weighted by molar-refractivity contribution is -0.137. The van der Waals surface area contributed by atoms with Gasteiger partial charge >= 0.3 is 5.97 Å². The predicted octanol–water partition coefficient (Wildman–Crippen LogP) is 3.10. The maximum absolute atomic E-state index is 12.5. The molecule has 2 rings (SSSR count). The van der Waals surface area contributed by atoms with Crippen LogP contribution in [0, 0.1) is 0 Å². The van der Waals surface area contributed by atoms with Gasteiger partial charge in [0.05, 0.1) is 11.5 Å². The Morgan fingerprint density at radius 1 is 1.25 bits per heavy atom. The first-order valence-corrected chi connectivity index (χ1v) is 8.60. The van der Waals surface area contributed by atoms with Crippen LogP contribution in [0.25, 0.3) is 0 Å². The average Bonchev–Trinajstić information content (AvgIpc) is 3.02. The number of hydrogen-bond donors (Lipinski definition) is 2. The van der Waals surface area contributed by atoms with Crippen molar-refractivity contribution in [1.82, 2.24) is 5.32 Å². The van der Waals surface area contributed by atoms with Gasteiger partial charge in [-0.15, -0.1) is 11.3 Å². The first-order chi connectivity index (χ1) is 11.6. The van der Waals surface area contributed by atoms with Gasteiger partial charge in [0, 0.05) is 25.1 Å². The van der Waals surface area contributed by atoms with Gasteiger partial charge in [0.1, 0.15) is 0 Å². The summed E-state index contributed by atoms with van der Waals surface area (Å²) in [5.74, 6) is -1.04. The minimum Gasteiger partial charge on any atom is -0.481 e. The topological polar surface area (TPSA) is 75.6 Å². The number of ether oxygens (including phenoxy) is 1. The third-order valence-corrected chi connectivity index (χ3v) is 4.58. The summed E-state index contributed by atoms with van der Waals surface area (Å²) < 4.78 is 5.11. The molecule has 128 valence electrons. The number of thiophene rings is 1. The number of nitrogens with one attached hydrogen (secondary N) is 1. The largest absolute Gasteiger partial charge is 0.481 e. The lowest BCUT2D eigenvalue weighted by atomic mass is 10.0. The summed E-state index contributed by atoms with van der Waals surface area (Å²) in [4.78, 5) is 24.0. The Labute approximate surface area is 145 Å². The predicted molar refractivity (Wildman–Crippen MR) is 93.3 cm³/mol. The SMILES string of the molecule is COCc1ccsc1C(=O)NC(CCC(=O)O)Cc1ccccc1. The number of carboxylic acids is 1. The smallest absolute Gasteiger partial charge is 0.303 e. The number of amides is 1. The molecule has 6 heteroatoms. The summed E-state index contributed by atoms with van der Waals surface area (Å²) >= 11 is 1.36. The fourth-order valence-corrected chi connectivity index (χ4v) is 3.29. The molecule has 5 nitrogen and oxygen atoms in total. The number of benzene rings is 1. The Morgan fingerprint density at radius 2 is 2.00 bits per heavy atom. The van der Waals surface area contributed by atoms with Crippen LogP contribution in [0.15, 0.2) is 41.8 Å². The summed E-state index contributed by atoms with van der Waals surface area (Å²) in [6.45, 7) is 0.380. The first kappa shape index (κ1) is 18.2. The zero-order valence-corrected chi connectivity index (χ0v) is 14.3. The standard InChI is InChI=1S/C18H21NO4S/c1-23-12-14-9-10-24-17(14)18(22)19-15(7-8-16(20)21)11-13-5-3-2-4-6-13/h2-6,9-10,15H,7-8,11-12H2,1H3,(H,19,22)(H,20,21). The van der Waals surface area contributed by atoms with Gasteiger partial charge in [-0.1, -0.05) is 30.3 Å². The number of aliphatic carboxylic acids is 1. The highest BCUT2D eigenvalue weighted by Crippen LogP contribution is 2.18. The van der Waals surface area contributed by atoms with E-state index in [1.54, 1.807) is 7.11 Å². The van der Waals surface area contributed by atoms with Crippen LogP contribution in [-0.4, -0.2) is 30.1 Å². The fourth-order valence-electron chi connectivity index (χ4n) is 2.48. The van der Waals surface area contributed by atoms with Crippen LogP contribution >= 0.6 is 11.3 Å². The molecule has 1 atom stereocenters. The molecule has 0 spiro atoms. The first-order valence-electron chi connectivity index (χ1n) is 7.72. The highest BCUT2D eigenvalue weighted by Gasteiger charge is 2.19. The van der Waals surface area contributed by atoms with E-state index in [0.717, 1.165) is 11.1 Å². The Morgan fingerprint density at radius 3 is 2.67 bits per heavy atom. The third-order valence-electron chi connectivity index (χ3n) is 3.62. The summed E-state index contributed by atoms with van der Waals surface area (Å²) in [6.07, 6.45) is 1.01. The van der Waals surface area contributed by atoms with Crippen molar-refractivity contribution in [3.8, 4) is 0 Å².